The molecule has 8 heteroatoms. The fraction of sp³-hybridized carbons (Fsp3) is 0.185. The molecule has 35 heavy (non-hydrogen) atoms. The maximum absolute atomic E-state index is 12.9. The van der Waals surface area contributed by atoms with Crippen molar-refractivity contribution in [1.29, 1.82) is 0 Å². The zero-order chi connectivity index (χ0) is 24.7. The summed E-state index contributed by atoms with van der Waals surface area (Å²) in [6.45, 7) is 8.17. The van der Waals surface area contributed by atoms with E-state index in [1.54, 1.807) is 48.7 Å². The van der Waals surface area contributed by atoms with Crippen molar-refractivity contribution in [3.8, 4) is 22.7 Å². The van der Waals surface area contributed by atoms with Crippen molar-refractivity contribution in [3.63, 3.8) is 0 Å². The first-order chi connectivity index (χ1) is 16.7. The highest BCUT2D eigenvalue weighted by Gasteiger charge is 2.20. The highest BCUT2D eigenvalue weighted by Crippen LogP contribution is 2.36. The van der Waals surface area contributed by atoms with Gasteiger partial charge in [0.2, 0.25) is 5.89 Å². The minimum atomic E-state index is -3.72. The van der Waals surface area contributed by atoms with Crippen LogP contribution in [0.4, 0.5) is 5.69 Å². The summed E-state index contributed by atoms with van der Waals surface area (Å²) in [5.74, 6) is 0.756. The number of aryl methyl sites for hydroxylation is 2. The standard InChI is InChI=1S/C27H26N4O3S/c1-16(2)22-13-10-18(4)24-26(22)34-27(29-24)23-15-28-30-25(23)19-6-5-7-20(14-19)31-35(32,33)21-11-8-17(3)9-12-21/h5-16,31H,1-4H3,(H,28,30). The number of aromatic amines is 1. The molecule has 2 N–H and O–H groups in total. The summed E-state index contributed by atoms with van der Waals surface area (Å²) in [7, 11) is -3.72. The molecule has 5 rings (SSSR count). The molecular formula is C27H26N4O3S. The van der Waals surface area contributed by atoms with Crippen molar-refractivity contribution in [2.45, 2.75) is 38.5 Å². The predicted molar refractivity (Wildman–Crippen MR) is 138 cm³/mol. The second-order valence-corrected chi connectivity index (χ2v) is 10.7. The Morgan fingerprint density at radius 1 is 1.00 bits per heavy atom. The second kappa shape index (κ2) is 8.70. The Balaban J connectivity index is 1.52. The van der Waals surface area contributed by atoms with Gasteiger partial charge < -0.3 is 4.42 Å². The Hall–Kier alpha value is -3.91. The summed E-state index contributed by atoms with van der Waals surface area (Å²) >= 11 is 0. The van der Waals surface area contributed by atoms with E-state index in [9.17, 15) is 8.42 Å². The lowest BCUT2D eigenvalue weighted by molar-refractivity contribution is 0.601. The van der Waals surface area contributed by atoms with Gasteiger partial charge in [0.1, 0.15) is 5.52 Å². The maximum Gasteiger partial charge on any atom is 0.261 e. The van der Waals surface area contributed by atoms with E-state index in [0.29, 0.717) is 28.8 Å². The molecule has 2 aromatic heterocycles. The van der Waals surface area contributed by atoms with E-state index in [1.807, 2.05) is 19.9 Å². The molecule has 0 aliphatic heterocycles. The molecule has 0 aliphatic carbocycles. The van der Waals surface area contributed by atoms with Gasteiger partial charge >= 0.3 is 0 Å². The molecule has 2 heterocycles. The predicted octanol–water partition coefficient (Wildman–Crippen LogP) is 6.43. The van der Waals surface area contributed by atoms with E-state index < -0.39 is 10.0 Å². The number of fused-ring (bicyclic) bond motifs is 1. The van der Waals surface area contributed by atoms with Crippen LogP contribution in [-0.2, 0) is 10.0 Å². The molecule has 5 aromatic rings. The first-order valence-corrected chi connectivity index (χ1v) is 12.8. The van der Waals surface area contributed by atoms with Crippen LogP contribution in [0.3, 0.4) is 0 Å². The summed E-state index contributed by atoms with van der Waals surface area (Å²) < 4.78 is 34.6. The van der Waals surface area contributed by atoms with Gasteiger partial charge in [-0.05, 0) is 55.2 Å². The summed E-state index contributed by atoms with van der Waals surface area (Å²) in [6.07, 6.45) is 1.67. The van der Waals surface area contributed by atoms with E-state index in [0.717, 1.165) is 33.4 Å². The van der Waals surface area contributed by atoms with Gasteiger partial charge in [-0.3, -0.25) is 9.82 Å². The summed E-state index contributed by atoms with van der Waals surface area (Å²) in [4.78, 5) is 4.98. The number of aromatic nitrogens is 3. The molecular weight excluding hydrogens is 460 g/mol. The number of anilines is 1. The first-order valence-electron chi connectivity index (χ1n) is 11.4. The Kier molecular flexibility index (Phi) is 5.68. The molecule has 0 atom stereocenters. The van der Waals surface area contributed by atoms with Crippen LogP contribution in [0, 0.1) is 13.8 Å². The number of benzene rings is 3. The van der Waals surface area contributed by atoms with Crippen molar-refractivity contribution in [3.05, 3.63) is 83.6 Å². The molecule has 0 bridgehead atoms. The SMILES string of the molecule is Cc1ccc(S(=O)(=O)Nc2cccc(-c3[nH]ncc3-c3nc4c(C)ccc(C(C)C)c4o3)c2)cc1. The lowest BCUT2D eigenvalue weighted by Crippen LogP contribution is -2.12. The molecule has 0 aliphatic rings. The molecule has 0 unspecified atom stereocenters. The van der Waals surface area contributed by atoms with Crippen molar-refractivity contribution >= 4 is 26.8 Å². The number of nitrogens with one attached hydrogen (secondary N) is 2. The van der Waals surface area contributed by atoms with Gasteiger partial charge in [-0.2, -0.15) is 5.10 Å². The molecule has 3 aromatic carbocycles. The number of hydrogen-bond donors (Lipinski definition) is 2. The molecule has 0 radical (unpaired) electrons. The molecule has 0 amide bonds. The highest BCUT2D eigenvalue weighted by molar-refractivity contribution is 7.92. The molecule has 7 nitrogen and oxygen atoms in total. The monoisotopic (exact) mass is 486 g/mol. The lowest BCUT2D eigenvalue weighted by atomic mass is 10.0. The Morgan fingerprint density at radius 2 is 1.77 bits per heavy atom. The number of H-pyrrole nitrogens is 1. The van der Waals surface area contributed by atoms with Gasteiger partial charge in [-0.25, -0.2) is 13.4 Å². The van der Waals surface area contributed by atoms with Crippen LogP contribution in [0.15, 0.2) is 76.2 Å². The number of oxazole rings is 1. The third-order valence-corrected chi connectivity index (χ3v) is 7.40. The fourth-order valence-corrected chi connectivity index (χ4v) is 5.11. The summed E-state index contributed by atoms with van der Waals surface area (Å²) in [5, 5.41) is 7.24. The van der Waals surface area contributed by atoms with Gasteiger partial charge in [-0.15, -0.1) is 0 Å². The van der Waals surface area contributed by atoms with Crippen molar-refractivity contribution in [2.24, 2.45) is 0 Å². The third kappa shape index (κ3) is 4.33. The quantitative estimate of drug-likeness (QED) is 0.288. The lowest BCUT2D eigenvalue weighted by Gasteiger charge is -2.10. The zero-order valence-corrected chi connectivity index (χ0v) is 20.8. The van der Waals surface area contributed by atoms with Crippen LogP contribution in [0.2, 0.25) is 0 Å². The normalized spacial score (nSPS) is 11.9. The number of hydrogen-bond acceptors (Lipinski definition) is 5. The van der Waals surface area contributed by atoms with Crippen molar-refractivity contribution in [2.75, 3.05) is 4.72 Å². The van der Waals surface area contributed by atoms with Gasteiger partial charge in [-0.1, -0.05) is 55.8 Å². The Bertz CT molecular complexity index is 1630. The second-order valence-electron chi connectivity index (χ2n) is 8.98. The van der Waals surface area contributed by atoms with E-state index in [2.05, 4.69) is 40.9 Å². The zero-order valence-electron chi connectivity index (χ0n) is 20.0. The molecule has 0 saturated heterocycles. The first kappa shape index (κ1) is 22.9. The largest absolute Gasteiger partial charge is 0.436 e. The molecule has 0 spiro atoms. The molecule has 0 fully saturated rings. The van der Waals surface area contributed by atoms with Gasteiger partial charge in [0.15, 0.2) is 5.58 Å². The van der Waals surface area contributed by atoms with E-state index in [4.69, 9.17) is 9.40 Å². The average Bonchev–Trinajstić information content (AvgIpc) is 3.47. The van der Waals surface area contributed by atoms with Gasteiger partial charge in [0.05, 0.1) is 22.3 Å². The van der Waals surface area contributed by atoms with Crippen molar-refractivity contribution < 1.29 is 12.8 Å². The van der Waals surface area contributed by atoms with Crippen LogP contribution in [-0.4, -0.2) is 23.6 Å². The third-order valence-electron chi connectivity index (χ3n) is 6.00. The van der Waals surface area contributed by atoms with Gasteiger partial charge in [0.25, 0.3) is 10.0 Å². The van der Waals surface area contributed by atoms with Gasteiger partial charge in [0, 0.05) is 11.3 Å². The Morgan fingerprint density at radius 3 is 2.51 bits per heavy atom. The highest BCUT2D eigenvalue weighted by atomic mass is 32.2. The smallest absolute Gasteiger partial charge is 0.261 e. The molecule has 0 saturated carbocycles. The van der Waals surface area contributed by atoms with Crippen LogP contribution < -0.4 is 4.72 Å². The topological polar surface area (TPSA) is 101 Å². The fourth-order valence-electron chi connectivity index (χ4n) is 4.06. The van der Waals surface area contributed by atoms with Crippen molar-refractivity contribution in [1.82, 2.24) is 15.2 Å². The minimum Gasteiger partial charge on any atom is -0.436 e. The average molecular weight is 487 g/mol. The minimum absolute atomic E-state index is 0.207. The van der Waals surface area contributed by atoms with Crippen LogP contribution in [0.1, 0.15) is 36.5 Å². The maximum atomic E-state index is 12.9. The van der Waals surface area contributed by atoms with E-state index in [1.165, 1.54) is 0 Å². The Labute approximate surface area is 204 Å². The van der Waals surface area contributed by atoms with Crippen LogP contribution >= 0.6 is 0 Å². The van der Waals surface area contributed by atoms with E-state index >= 15 is 0 Å². The van der Waals surface area contributed by atoms with Crippen LogP contribution in [0.5, 0.6) is 0 Å². The molecule has 178 valence electrons. The van der Waals surface area contributed by atoms with E-state index in [-0.39, 0.29) is 4.90 Å². The summed E-state index contributed by atoms with van der Waals surface area (Å²) in [5.41, 5.74) is 7.33. The number of rotatable bonds is 6. The number of nitrogens with zero attached hydrogens (tertiary/aromatic N) is 2. The number of sulfonamides is 1. The van der Waals surface area contributed by atoms with Crippen LogP contribution in [0.25, 0.3) is 33.8 Å². The summed E-state index contributed by atoms with van der Waals surface area (Å²) in [6, 6.07) is 18.0.